The Labute approximate surface area is 137 Å². The SMILES string of the molecule is CC[C@H](CO)Nc1nc2ccccc2nc1N1CCC(C)CC1. The number of aliphatic hydroxyl groups excluding tert-OH is 1. The minimum atomic E-state index is 0.00734. The lowest BCUT2D eigenvalue weighted by Crippen LogP contribution is -2.35. The van der Waals surface area contributed by atoms with Crippen molar-refractivity contribution in [2.75, 3.05) is 29.9 Å². The molecule has 3 rings (SSSR count). The molecule has 0 unspecified atom stereocenters. The van der Waals surface area contributed by atoms with Crippen LogP contribution in [0.1, 0.15) is 33.1 Å². The van der Waals surface area contributed by atoms with E-state index in [1.807, 2.05) is 24.3 Å². The number of aromatic nitrogens is 2. The Bertz CT molecular complexity index is 649. The number of piperidine rings is 1. The first-order chi connectivity index (χ1) is 11.2. The lowest BCUT2D eigenvalue weighted by atomic mass is 9.99. The second kappa shape index (κ2) is 7.13. The molecule has 1 aromatic heterocycles. The molecule has 0 radical (unpaired) electrons. The fourth-order valence-corrected chi connectivity index (χ4v) is 3.00. The molecule has 0 aliphatic carbocycles. The van der Waals surface area contributed by atoms with Gasteiger partial charge in [-0.2, -0.15) is 0 Å². The molecule has 0 spiro atoms. The molecule has 0 saturated carbocycles. The molecule has 1 aliphatic heterocycles. The number of benzene rings is 1. The average molecular weight is 314 g/mol. The molecule has 2 aromatic rings. The van der Waals surface area contributed by atoms with Gasteiger partial charge in [0.1, 0.15) is 0 Å². The van der Waals surface area contributed by atoms with E-state index in [0.29, 0.717) is 0 Å². The van der Waals surface area contributed by atoms with Crippen molar-refractivity contribution in [2.45, 2.75) is 39.2 Å². The summed E-state index contributed by atoms with van der Waals surface area (Å²) in [5.41, 5.74) is 1.81. The zero-order valence-corrected chi connectivity index (χ0v) is 14.0. The maximum atomic E-state index is 9.51. The zero-order valence-electron chi connectivity index (χ0n) is 14.0. The molecule has 23 heavy (non-hydrogen) atoms. The van der Waals surface area contributed by atoms with Crippen LogP contribution in [-0.2, 0) is 0 Å². The smallest absolute Gasteiger partial charge is 0.172 e. The summed E-state index contributed by atoms with van der Waals surface area (Å²) < 4.78 is 0. The molecule has 5 nitrogen and oxygen atoms in total. The maximum Gasteiger partial charge on any atom is 0.172 e. The third-order valence-electron chi connectivity index (χ3n) is 4.69. The van der Waals surface area contributed by atoms with Gasteiger partial charge in [0, 0.05) is 13.1 Å². The summed E-state index contributed by atoms with van der Waals surface area (Å²) in [4.78, 5) is 12.0. The van der Waals surface area contributed by atoms with E-state index in [1.54, 1.807) is 0 Å². The Morgan fingerprint density at radius 1 is 1.22 bits per heavy atom. The van der Waals surface area contributed by atoms with Gasteiger partial charge < -0.3 is 15.3 Å². The van der Waals surface area contributed by atoms with Crippen LogP contribution < -0.4 is 10.2 Å². The van der Waals surface area contributed by atoms with E-state index < -0.39 is 0 Å². The third-order valence-corrected chi connectivity index (χ3v) is 4.69. The highest BCUT2D eigenvalue weighted by molar-refractivity contribution is 5.80. The lowest BCUT2D eigenvalue weighted by molar-refractivity contribution is 0.271. The first-order valence-electron chi connectivity index (χ1n) is 8.60. The van der Waals surface area contributed by atoms with E-state index in [2.05, 4.69) is 24.1 Å². The number of rotatable bonds is 5. The van der Waals surface area contributed by atoms with Crippen molar-refractivity contribution in [1.82, 2.24) is 9.97 Å². The Morgan fingerprint density at radius 3 is 2.48 bits per heavy atom. The number of nitrogens with zero attached hydrogens (tertiary/aromatic N) is 3. The lowest BCUT2D eigenvalue weighted by Gasteiger charge is -2.32. The summed E-state index contributed by atoms with van der Waals surface area (Å²) in [6.07, 6.45) is 3.22. The van der Waals surface area contributed by atoms with E-state index in [1.165, 1.54) is 12.8 Å². The summed E-state index contributed by atoms with van der Waals surface area (Å²) in [5, 5.41) is 12.9. The molecule has 1 saturated heterocycles. The number of hydrogen-bond donors (Lipinski definition) is 2. The first-order valence-corrected chi connectivity index (χ1v) is 8.60. The minimum Gasteiger partial charge on any atom is -0.394 e. The summed E-state index contributed by atoms with van der Waals surface area (Å²) in [6.45, 7) is 6.49. The van der Waals surface area contributed by atoms with Crippen LogP contribution in [0.4, 0.5) is 11.6 Å². The third kappa shape index (κ3) is 3.55. The zero-order chi connectivity index (χ0) is 16.2. The van der Waals surface area contributed by atoms with Crippen molar-refractivity contribution in [3.05, 3.63) is 24.3 Å². The van der Waals surface area contributed by atoms with E-state index in [-0.39, 0.29) is 12.6 Å². The van der Waals surface area contributed by atoms with E-state index in [0.717, 1.165) is 48.1 Å². The highest BCUT2D eigenvalue weighted by Gasteiger charge is 2.22. The quantitative estimate of drug-likeness (QED) is 0.888. The second-order valence-electron chi connectivity index (χ2n) is 6.49. The second-order valence-corrected chi connectivity index (χ2v) is 6.49. The largest absolute Gasteiger partial charge is 0.394 e. The number of aliphatic hydroxyl groups is 1. The summed E-state index contributed by atoms with van der Waals surface area (Å²) in [5.74, 6) is 2.48. The summed E-state index contributed by atoms with van der Waals surface area (Å²) >= 11 is 0. The summed E-state index contributed by atoms with van der Waals surface area (Å²) in [7, 11) is 0. The van der Waals surface area contributed by atoms with Crippen molar-refractivity contribution in [3.8, 4) is 0 Å². The molecule has 1 atom stereocenters. The van der Waals surface area contributed by atoms with Crippen molar-refractivity contribution >= 4 is 22.7 Å². The number of hydrogen-bond acceptors (Lipinski definition) is 5. The molecule has 1 fully saturated rings. The molecule has 0 amide bonds. The van der Waals surface area contributed by atoms with Crippen molar-refractivity contribution in [1.29, 1.82) is 0 Å². The average Bonchev–Trinajstić information content (AvgIpc) is 2.59. The van der Waals surface area contributed by atoms with E-state index in [4.69, 9.17) is 9.97 Å². The number of fused-ring (bicyclic) bond motifs is 1. The first kappa shape index (κ1) is 16.0. The van der Waals surface area contributed by atoms with Gasteiger partial charge >= 0.3 is 0 Å². The highest BCUT2D eigenvalue weighted by atomic mass is 16.3. The Balaban J connectivity index is 1.98. The molecule has 1 aliphatic rings. The van der Waals surface area contributed by atoms with Gasteiger partial charge in [0.15, 0.2) is 11.6 Å². The molecule has 0 bridgehead atoms. The molecule has 2 heterocycles. The van der Waals surface area contributed by atoms with E-state index >= 15 is 0 Å². The van der Waals surface area contributed by atoms with Gasteiger partial charge in [-0.15, -0.1) is 0 Å². The predicted octanol–water partition coefficient (Wildman–Crippen LogP) is 3.05. The van der Waals surface area contributed by atoms with Crippen LogP contribution in [0.25, 0.3) is 11.0 Å². The van der Waals surface area contributed by atoms with Gasteiger partial charge in [0.2, 0.25) is 0 Å². The monoisotopic (exact) mass is 314 g/mol. The van der Waals surface area contributed by atoms with Crippen LogP contribution in [0.3, 0.4) is 0 Å². The van der Waals surface area contributed by atoms with Gasteiger partial charge in [-0.3, -0.25) is 0 Å². The fraction of sp³-hybridized carbons (Fsp3) is 0.556. The standard InChI is InChI=1S/C18H26N4O/c1-3-14(12-23)19-17-18(22-10-8-13(2)9-11-22)21-16-7-5-4-6-15(16)20-17/h4-7,13-14,23H,3,8-12H2,1-2H3,(H,19,20)/t14-/m1/s1. The normalized spacial score (nSPS) is 17.4. The van der Waals surface area contributed by atoms with Crippen LogP contribution in [0.2, 0.25) is 0 Å². The van der Waals surface area contributed by atoms with Gasteiger partial charge in [-0.25, -0.2) is 9.97 Å². The number of nitrogens with one attached hydrogen (secondary N) is 1. The molecule has 5 heteroatoms. The predicted molar refractivity (Wildman–Crippen MR) is 94.9 cm³/mol. The highest BCUT2D eigenvalue weighted by Crippen LogP contribution is 2.29. The van der Waals surface area contributed by atoms with Crippen LogP contribution in [0, 0.1) is 5.92 Å². The minimum absolute atomic E-state index is 0.00734. The molecule has 124 valence electrons. The van der Waals surface area contributed by atoms with Crippen molar-refractivity contribution < 1.29 is 5.11 Å². The number of anilines is 2. The van der Waals surface area contributed by atoms with Crippen LogP contribution in [0.15, 0.2) is 24.3 Å². The number of para-hydroxylation sites is 2. The van der Waals surface area contributed by atoms with E-state index in [9.17, 15) is 5.11 Å². The van der Waals surface area contributed by atoms with Gasteiger partial charge in [0.05, 0.1) is 23.7 Å². The Morgan fingerprint density at radius 2 is 1.87 bits per heavy atom. The maximum absolute atomic E-state index is 9.51. The van der Waals surface area contributed by atoms with Gasteiger partial charge in [0.25, 0.3) is 0 Å². The summed E-state index contributed by atoms with van der Waals surface area (Å²) in [6, 6.07) is 7.97. The molecular weight excluding hydrogens is 288 g/mol. The van der Waals surface area contributed by atoms with Crippen molar-refractivity contribution in [2.24, 2.45) is 5.92 Å². The molecule has 1 aromatic carbocycles. The Hall–Kier alpha value is -1.88. The van der Waals surface area contributed by atoms with Gasteiger partial charge in [-0.1, -0.05) is 26.0 Å². The van der Waals surface area contributed by atoms with Crippen molar-refractivity contribution in [3.63, 3.8) is 0 Å². The fourth-order valence-electron chi connectivity index (χ4n) is 3.00. The van der Waals surface area contributed by atoms with Crippen LogP contribution >= 0.6 is 0 Å². The molecule has 2 N–H and O–H groups in total. The molecular formula is C18H26N4O. The van der Waals surface area contributed by atoms with Crippen LogP contribution in [0.5, 0.6) is 0 Å². The van der Waals surface area contributed by atoms with Gasteiger partial charge in [-0.05, 0) is 37.3 Å². The van der Waals surface area contributed by atoms with Crippen LogP contribution in [-0.4, -0.2) is 40.8 Å². The Kier molecular flexibility index (Phi) is 4.96. The topological polar surface area (TPSA) is 61.3 Å².